The van der Waals surface area contributed by atoms with Gasteiger partial charge in [-0.25, -0.2) is 4.98 Å². The van der Waals surface area contributed by atoms with Gasteiger partial charge in [0, 0.05) is 42.3 Å². The fraction of sp³-hybridized carbons (Fsp3) is 0.235. The van der Waals surface area contributed by atoms with Gasteiger partial charge in [-0.1, -0.05) is 0 Å². The molecule has 1 saturated heterocycles. The Morgan fingerprint density at radius 2 is 1.77 bits per heavy atom. The first-order chi connectivity index (χ1) is 10.9. The van der Waals surface area contributed by atoms with Crippen LogP contribution in [0.15, 0.2) is 48.8 Å². The number of anilines is 1. The van der Waals surface area contributed by atoms with E-state index in [4.69, 9.17) is 0 Å². The number of aromatic nitrogens is 4. The molecule has 1 N–H and O–H groups in total. The van der Waals surface area contributed by atoms with Crippen LogP contribution >= 0.6 is 0 Å². The molecule has 0 aliphatic carbocycles. The van der Waals surface area contributed by atoms with Gasteiger partial charge in [0.1, 0.15) is 0 Å². The Morgan fingerprint density at radius 1 is 0.955 bits per heavy atom. The first kappa shape index (κ1) is 13.0. The van der Waals surface area contributed by atoms with Gasteiger partial charge in [0.05, 0.1) is 0 Å². The van der Waals surface area contributed by atoms with E-state index in [0.29, 0.717) is 5.82 Å². The van der Waals surface area contributed by atoms with E-state index in [1.165, 1.54) is 18.5 Å². The summed E-state index contributed by atoms with van der Waals surface area (Å²) in [6.45, 7) is 2.32. The Hall–Kier alpha value is -2.69. The standard InChI is InChI=1S/C17H17N5/c1-2-11-22(10-1)15-7-5-13(6-8-15)16-19-17(21-20-16)14-4-3-9-18-12-14/h3-9,12H,1-2,10-11H2,(H,19,20,21). The van der Waals surface area contributed by atoms with Crippen molar-refractivity contribution in [3.05, 3.63) is 48.8 Å². The maximum Gasteiger partial charge on any atom is 0.183 e. The van der Waals surface area contributed by atoms with Crippen molar-refractivity contribution in [1.82, 2.24) is 20.2 Å². The number of hydrogen-bond acceptors (Lipinski definition) is 4. The lowest BCUT2D eigenvalue weighted by Gasteiger charge is -2.17. The molecule has 1 fully saturated rings. The van der Waals surface area contributed by atoms with Gasteiger partial charge in [0.2, 0.25) is 0 Å². The lowest BCUT2D eigenvalue weighted by Crippen LogP contribution is -2.17. The van der Waals surface area contributed by atoms with Crippen molar-refractivity contribution in [3.63, 3.8) is 0 Å². The van der Waals surface area contributed by atoms with Crippen LogP contribution < -0.4 is 4.90 Å². The monoisotopic (exact) mass is 291 g/mol. The van der Waals surface area contributed by atoms with Crippen LogP contribution in [0, 0.1) is 0 Å². The second-order valence-corrected chi connectivity index (χ2v) is 5.49. The molecule has 110 valence electrons. The maximum atomic E-state index is 4.56. The Balaban J connectivity index is 1.58. The summed E-state index contributed by atoms with van der Waals surface area (Å²) in [6, 6.07) is 12.4. The maximum absolute atomic E-state index is 4.56. The summed E-state index contributed by atoms with van der Waals surface area (Å²) in [5.41, 5.74) is 3.25. The molecule has 0 amide bonds. The summed E-state index contributed by atoms with van der Waals surface area (Å²) in [5.74, 6) is 1.46. The zero-order valence-corrected chi connectivity index (χ0v) is 12.2. The second kappa shape index (κ2) is 5.60. The van der Waals surface area contributed by atoms with Crippen LogP contribution in [0.5, 0.6) is 0 Å². The normalized spacial score (nSPS) is 14.5. The number of benzene rings is 1. The van der Waals surface area contributed by atoms with Gasteiger partial charge in [-0.2, -0.15) is 5.10 Å². The minimum absolute atomic E-state index is 0.673. The zero-order valence-electron chi connectivity index (χ0n) is 12.2. The summed E-state index contributed by atoms with van der Waals surface area (Å²) in [7, 11) is 0. The molecule has 0 spiro atoms. The molecule has 1 aromatic carbocycles. The Kier molecular flexibility index (Phi) is 3.31. The molecular formula is C17H17N5. The van der Waals surface area contributed by atoms with Crippen LogP contribution in [0.1, 0.15) is 12.8 Å². The minimum Gasteiger partial charge on any atom is -0.372 e. The first-order valence-electron chi connectivity index (χ1n) is 7.58. The van der Waals surface area contributed by atoms with Gasteiger partial charge in [-0.15, -0.1) is 0 Å². The lowest BCUT2D eigenvalue weighted by atomic mass is 10.2. The third-order valence-corrected chi connectivity index (χ3v) is 4.02. The van der Waals surface area contributed by atoms with E-state index in [0.717, 1.165) is 30.0 Å². The van der Waals surface area contributed by atoms with Crippen LogP contribution in [0.3, 0.4) is 0 Å². The van der Waals surface area contributed by atoms with Gasteiger partial charge in [0.25, 0.3) is 0 Å². The highest BCUT2D eigenvalue weighted by Gasteiger charge is 2.13. The lowest BCUT2D eigenvalue weighted by molar-refractivity contribution is 0.949. The van der Waals surface area contributed by atoms with Crippen molar-refractivity contribution >= 4 is 5.69 Å². The van der Waals surface area contributed by atoms with Crippen molar-refractivity contribution in [2.45, 2.75) is 12.8 Å². The van der Waals surface area contributed by atoms with Crippen LogP contribution in [-0.4, -0.2) is 33.3 Å². The van der Waals surface area contributed by atoms with Gasteiger partial charge in [-0.3, -0.25) is 10.1 Å². The van der Waals surface area contributed by atoms with E-state index in [2.05, 4.69) is 49.3 Å². The zero-order chi connectivity index (χ0) is 14.8. The van der Waals surface area contributed by atoms with E-state index in [9.17, 15) is 0 Å². The molecular weight excluding hydrogens is 274 g/mol. The minimum atomic E-state index is 0.673. The summed E-state index contributed by atoms with van der Waals surface area (Å²) in [6.07, 6.45) is 6.09. The Labute approximate surface area is 129 Å². The van der Waals surface area contributed by atoms with E-state index in [1.54, 1.807) is 12.4 Å². The molecule has 1 aliphatic heterocycles. The van der Waals surface area contributed by atoms with E-state index in [1.807, 2.05) is 12.1 Å². The van der Waals surface area contributed by atoms with Gasteiger partial charge in [-0.05, 0) is 49.2 Å². The SMILES string of the molecule is c1cncc(-c2n[nH]c(-c3ccc(N4CCCC4)cc3)n2)c1. The molecule has 1 aliphatic rings. The number of H-pyrrole nitrogens is 1. The molecule has 3 heterocycles. The van der Waals surface area contributed by atoms with Crippen molar-refractivity contribution < 1.29 is 0 Å². The molecule has 0 saturated carbocycles. The predicted octanol–water partition coefficient (Wildman–Crippen LogP) is 3.13. The number of rotatable bonds is 3. The molecule has 0 bridgehead atoms. The molecule has 2 aromatic heterocycles. The Morgan fingerprint density at radius 3 is 2.50 bits per heavy atom. The van der Waals surface area contributed by atoms with Crippen molar-refractivity contribution in [2.75, 3.05) is 18.0 Å². The van der Waals surface area contributed by atoms with Gasteiger partial charge in [0.15, 0.2) is 11.6 Å². The van der Waals surface area contributed by atoms with Crippen molar-refractivity contribution in [3.8, 4) is 22.8 Å². The number of nitrogens with one attached hydrogen (secondary N) is 1. The molecule has 3 aromatic rings. The summed E-state index contributed by atoms with van der Waals surface area (Å²) < 4.78 is 0. The van der Waals surface area contributed by atoms with Crippen molar-refractivity contribution in [2.24, 2.45) is 0 Å². The predicted molar refractivity (Wildman–Crippen MR) is 86.5 cm³/mol. The number of aromatic amines is 1. The van der Waals surface area contributed by atoms with E-state index < -0.39 is 0 Å². The number of nitrogens with zero attached hydrogens (tertiary/aromatic N) is 4. The molecule has 5 heteroatoms. The average molecular weight is 291 g/mol. The third kappa shape index (κ3) is 2.45. The fourth-order valence-corrected chi connectivity index (χ4v) is 2.82. The first-order valence-corrected chi connectivity index (χ1v) is 7.58. The quantitative estimate of drug-likeness (QED) is 0.805. The van der Waals surface area contributed by atoms with Crippen molar-refractivity contribution in [1.29, 1.82) is 0 Å². The fourth-order valence-electron chi connectivity index (χ4n) is 2.82. The van der Waals surface area contributed by atoms with Crippen LogP contribution in [-0.2, 0) is 0 Å². The van der Waals surface area contributed by atoms with Crippen LogP contribution in [0.2, 0.25) is 0 Å². The van der Waals surface area contributed by atoms with Gasteiger partial charge < -0.3 is 4.90 Å². The summed E-state index contributed by atoms with van der Waals surface area (Å²) >= 11 is 0. The Bertz CT molecular complexity index is 742. The molecule has 5 nitrogen and oxygen atoms in total. The summed E-state index contributed by atoms with van der Waals surface area (Å²) in [5, 5.41) is 7.28. The highest BCUT2D eigenvalue weighted by molar-refractivity contribution is 5.63. The van der Waals surface area contributed by atoms with Crippen LogP contribution in [0.25, 0.3) is 22.8 Å². The second-order valence-electron chi connectivity index (χ2n) is 5.49. The number of hydrogen-bond donors (Lipinski definition) is 1. The molecule has 4 rings (SSSR count). The highest BCUT2D eigenvalue weighted by atomic mass is 15.2. The molecule has 0 atom stereocenters. The number of pyridine rings is 1. The average Bonchev–Trinajstić information content (AvgIpc) is 3.28. The molecule has 22 heavy (non-hydrogen) atoms. The van der Waals surface area contributed by atoms with Gasteiger partial charge >= 0.3 is 0 Å². The topological polar surface area (TPSA) is 57.7 Å². The highest BCUT2D eigenvalue weighted by Crippen LogP contribution is 2.24. The van der Waals surface area contributed by atoms with E-state index >= 15 is 0 Å². The molecule has 0 unspecified atom stereocenters. The van der Waals surface area contributed by atoms with E-state index in [-0.39, 0.29) is 0 Å². The molecule has 0 radical (unpaired) electrons. The smallest absolute Gasteiger partial charge is 0.183 e. The summed E-state index contributed by atoms with van der Waals surface area (Å²) in [4.78, 5) is 11.1. The third-order valence-electron chi connectivity index (χ3n) is 4.02. The van der Waals surface area contributed by atoms with Crippen LogP contribution in [0.4, 0.5) is 5.69 Å². The largest absolute Gasteiger partial charge is 0.372 e.